The highest BCUT2D eigenvalue weighted by Gasteiger charge is 2.41. The topological polar surface area (TPSA) is 124 Å². The number of aryl methyl sites for hydroxylation is 1. The van der Waals surface area contributed by atoms with E-state index in [0.29, 0.717) is 84.1 Å². The van der Waals surface area contributed by atoms with Crippen molar-refractivity contribution < 1.29 is 23.4 Å². The molecule has 3 aromatic heterocycles. The lowest BCUT2D eigenvalue weighted by atomic mass is 9.92. The molecule has 1 N–H and O–H groups in total. The largest absolute Gasteiger partial charge is 0.381 e. The minimum absolute atomic E-state index is 0.233. The van der Waals surface area contributed by atoms with Gasteiger partial charge in [0.2, 0.25) is 5.95 Å². The number of hydrogen-bond donors (Lipinski definition) is 1. The first kappa shape index (κ1) is 28.9. The Morgan fingerprint density at radius 2 is 1.86 bits per heavy atom. The number of nitrogens with zero attached hydrogens (tertiary/aromatic N) is 8. The third-order valence-electron chi connectivity index (χ3n) is 8.00. The first-order chi connectivity index (χ1) is 20.7. The summed E-state index contributed by atoms with van der Waals surface area (Å²) in [4.78, 5) is 27.6. The molecule has 5 heterocycles. The Morgan fingerprint density at radius 3 is 2.51 bits per heavy atom. The lowest BCUT2D eigenvalue weighted by molar-refractivity contribution is -0.161. The molecule has 11 nitrogen and oxygen atoms in total. The van der Waals surface area contributed by atoms with E-state index < -0.39 is 11.5 Å². The summed E-state index contributed by atoms with van der Waals surface area (Å²) < 4.78 is 35.9. The van der Waals surface area contributed by atoms with Crippen LogP contribution in [0.4, 0.5) is 25.4 Å². The summed E-state index contributed by atoms with van der Waals surface area (Å²) in [6, 6.07) is 9.70. The zero-order valence-electron chi connectivity index (χ0n) is 23.8. The lowest BCUT2D eigenvalue weighted by Crippen LogP contribution is -2.57. The summed E-state index contributed by atoms with van der Waals surface area (Å²) in [7, 11) is 1.80. The highest BCUT2D eigenvalue weighted by Crippen LogP contribution is 2.39. The number of piperazine rings is 1. The van der Waals surface area contributed by atoms with Crippen molar-refractivity contribution in [1.29, 1.82) is 5.26 Å². The summed E-state index contributed by atoms with van der Waals surface area (Å²) >= 11 is 1.19. The van der Waals surface area contributed by atoms with Crippen LogP contribution in [0, 0.1) is 23.1 Å². The highest BCUT2D eigenvalue weighted by atomic mass is 32.1. The normalized spacial score (nSPS) is 16.8. The Balaban J connectivity index is 1.29. The van der Waals surface area contributed by atoms with Crippen LogP contribution in [0.3, 0.4) is 0 Å². The number of aromatic nitrogens is 4. The first-order valence-corrected chi connectivity index (χ1v) is 14.9. The molecule has 43 heavy (non-hydrogen) atoms. The average Bonchev–Trinajstić information content (AvgIpc) is 3.62. The van der Waals surface area contributed by atoms with Crippen LogP contribution >= 0.6 is 11.3 Å². The maximum atomic E-state index is 15.4. The number of halogens is 2. The number of nitriles is 1. The Hall–Kier alpha value is -4.19. The second kappa shape index (κ2) is 11.5. The number of hydrogen-bond acceptors (Lipinski definition) is 10. The number of rotatable bonds is 6. The monoisotopic (exact) mass is 608 g/mol. The smallest absolute Gasteiger partial charge is 0.254 e. The van der Waals surface area contributed by atoms with Crippen LogP contribution in [-0.4, -0.2) is 87.7 Å². The van der Waals surface area contributed by atoms with E-state index in [1.807, 2.05) is 11.8 Å². The third kappa shape index (κ3) is 5.28. The Bertz CT molecular complexity index is 1700. The molecule has 224 valence electrons. The van der Waals surface area contributed by atoms with E-state index in [0.717, 1.165) is 0 Å². The van der Waals surface area contributed by atoms with Crippen molar-refractivity contribution in [3.63, 3.8) is 0 Å². The van der Waals surface area contributed by atoms with Gasteiger partial charge in [-0.25, -0.2) is 14.1 Å². The number of aliphatic hydroxyl groups is 1. The van der Waals surface area contributed by atoms with Gasteiger partial charge < -0.3 is 24.5 Å². The average molecular weight is 609 g/mol. The number of carbonyl (C=O) groups is 1. The minimum Gasteiger partial charge on any atom is -0.381 e. The van der Waals surface area contributed by atoms with Crippen LogP contribution in [0.25, 0.3) is 22.3 Å². The second-order valence-electron chi connectivity index (χ2n) is 10.6. The fourth-order valence-corrected chi connectivity index (χ4v) is 6.45. The molecule has 1 amide bonds. The summed E-state index contributed by atoms with van der Waals surface area (Å²) in [5.74, 6) is -0.721. The molecule has 2 fully saturated rings. The second-order valence-corrected chi connectivity index (χ2v) is 11.6. The summed E-state index contributed by atoms with van der Waals surface area (Å²) in [5, 5.41) is 26.3. The number of fused-ring (bicyclic) bond motifs is 1. The molecule has 0 radical (unpaired) electrons. The molecule has 0 unspecified atom stereocenters. The van der Waals surface area contributed by atoms with Crippen LogP contribution in [0.5, 0.6) is 0 Å². The van der Waals surface area contributed by atoms with Crippen LogP contribution in [0.15, 0.2) is 30.3 Å². The molecule has 2 aliphatic rings. The minimum atomic E-state index is -1.42. The number of amides is 1. The molecule has 4 aromatic rings. The van der Waals surface area contributed by atoms with Crippen molar-refractivity contribution in [3.8, 4) is 17.3 Å². The Labute approximate surface area is 250 Å². The van der Waals surface area contributed by atoms with Gasteiger partial charge in [-0.15, -0.1) is 0 Å². The van der Waals surface area contributed by atoms with Gasteiger partial charge in [-0.2, -0.15) is 19.7 Å². The van der Waals surface area contributed by atoms with Gasteiger partial charge in [-0.05, 0) is 37.3 Å². The standard InChI is InChI=1S/C29H30F2N8O3S/c1-3-39-26(36(2)28-33-23(22(17-32)43-28)18-4-6-19(30)7-5-18)20-16-21(24(31)34-25(20)35-39)37-10-12-38(13-11-37)27(40)29(41)8-14-42-15-9-29/h4-7,16,41H,3,8-15H2,1-2H3. The number of carbonyl (C=O) groups excluding carboxylic acids is 1. The number of pyridine rings is 1. The lowest BCUT2D eigenvalue weighted by Gasteiger charge is -2.40. The van der Waals surface area contributed by atoms with Crippen molar-refractivity contribution in [2.24, 2.45) is 0 Å². The van der Waals surface area contributed by atoms with E-state index in [2.05, 4.69) is 16.2 Å². The van der Waals surface area contributed by atoms with E-state index in [9.17, 15) is 19.6 Å². The molecule has 0 atom stereocenters. The van der Waals surface area contributed by atoms with Crippen molar-refractivity contribution in [2.75, 3.05) is 56.2 Å². The zero-order chi connectivity index (χ0) is 30.3. The van der Waals surface area contributed by atoms with Gasteiger partial charge >= 0.3 is 0 Å². The molecule has 0 aliphatic carbocycles. The highest BCUT2D eigenvalue weighted by molar-refractivity contribution is 7.16. The van der Waals surface area contributed by atoms with Crippen LogP contribution < -0.4 is 9.80 Å². The molecule has 0 saturated carbocycles. The zero-order valence-corrected chi connectivity index (χ0v) is 24.6. The predicted octanol–water partition coefficient (Wildman–Crippen LogP) is 3.68. The van der Waals surface area contributed by atoms with Gasteiger partial charge in [0.25, 0.3) is 5.91 Å². The van der Waals surface area contributed by atoms with Gasteiger partial charge in [0.1, 0.15) is 33.9 Å². The molecule has 1 aromatic carbocycles. The van der Waals surface area contributed by atoms with E-state index in [1.165, 1.54) is 23.5 Å². The fourth-order valence-electron chi connectivity index (χ4n) is 5.60. The quantitative estimate of drug-likeness (QED) is 0.327. The molecule has 0 spiro atoms. The third-order valence-corrected chi connectivity index (χ3v) is 9.04. The summed E-state index contributed by atoms with van der Waals surface area (Å²) in [6.07, 6.45) is 0.526. The van der Waals surface area contributed by atoms with Gasteiger partial charge in [-0.3, -0.25) is 4.79 Å². The van der Waals surface area contributed by atoms with Gasteiger partial charge in [0.15, 0.2) is 10.8 Å². The molecule has 6 rings (SSSR count). The van der Waals surface area contributed by atoms with Crippen molar-refractivity contribution in [1.82, 2.24) is 24.6 Å². The maximum Gasteiger partial charge on any atom is 0.254 e. The molecule has 0 bridgehead atoms. The van der Waals surface area contributed by atoms with Crippen molar-refractivity contribution in [3.05, 3.63) is 47.0 Å². The van der Waals surface area contributed by atoms with Crippen molar-refractivity contribution >= 4 is 44.9 Å². The molecular weight excluding hydrogens is 578 g/mol. The number of thiazole rings is 1. The number of ether oxygens (including phenoxy) is 1. The molecule has 14 heteroatoms. The predicted molar refractivity (Wildman–Crippen MR) is 157 cm³/mol. The number of benzene rings is 1. The fraction of sp³-hybridized carbons (Fsp3) is 0.414. The van der Waals surface area contributed by atoms with Gasteiger partial charge in [-0.1, -0.05) is 11.3 Å². The van der Waals surface area contributed by atoms with Gasteiger partial charge in [0.05, 0.1) is 11.1 Å². The molecule has 2 saturated heterocycles. The van der Waals surface area contributed by atoms with E-state index in [-0.39, 0.29) is 30.2 Å². The van der Waals surface area contributed by atoms with Crippen molar-refractivity contribution in [2.45, 2.75) is 31.9 Å². The van der Waals surface area contributed by atoms with E-state index in [4.69, 9.17) is 9.72 Å². The molecule has 2 aliphatic heterocycles. The van der Waals surface area contributed by atoms with E-state index >= 15 is 4.39 Å². The van der Waals surface area contributed by atoms with E-state index in [1.54, 1.807) is 39.7 Å². The summed E-state index contributed by atoms with van der Waals surface area (Å²) in [6.45, 7) is 4.48. The van der Waals surface area contributed by atoms with Gasteiger partial charge in [0, 0.05) is 71.4 Å². The van der Waals surface area contributed by atoms with Crippen LogP contribution in [0.2, 0.25) is 0 Å². The van der Waals surface area contributed by atoms with Crippen LogP contribution in [0.1, 0.15) is 24.6 Å². The SMILES string of the molecule is CCn1nc2nc(F)c(N3CCN(C(=O)C4(O)CCOCC4)CC3)cc2c1N(C)c1nc(-c2ccc(F)cc2)c(C#N)s1. The maximum absolute atomic E-state index is 15.4. The molecular formula is C29H30F2N8O3S. The number of anilines is 3. The summed E-state index contributed by atoms with van der Waals surface area (Å²) in [5.41, 5.74) is 0.173. The van der Waals surface area contributed by atoms with Crippen LogP contribution in [-0.2, 0) is 16.1 Å². The first-order valence-electron chi connectivity index (χ1n) is 14.0. The Kier molecular flexibility index (Phi) is 7.72. The Morgan fingerprint density at radius 1 is 1.16 bits per heavy atom.